The number of anilines is 1. The number of hydrogen-bond acceptors (Lipinski definition) is 5. The first-order valence-electron chi connectivity index (χ1n) is 12.0. The number of hydrogen-bond donors (Lipinski definition) is 0. The molecule has 0 amide bonds. The molecule has 1 fully saturated rings. The zero-order valence-corrected chi connectivity index (χ0v) is 20.0. The van der Waals surface area contributed by atoms with Crippen LogP contribution >= 0.6 is 11.8 Å². The summed E-state index contributed by atoms with van der Waals surface area (Å²) >= 11 is 1.53. The van der Waals surface area contributed by atoms with Gasteiger partial charge >= 0.3 is 0 Å². The van der Waals surface area contributed by atoms with Crippen molar-refractivity contribution in [2.24, 2.45) is 5.41 Å². The summed E-state index contributed by atoms with van der Waals surface area (Å²) in [5, 5.41) is -0.523. The van der Waals surface area contributed by atoms with E-state index in [0.717, 1.165) is 16.1 Å². The van der Waals surface area contributed by atoms with E-state index in [2.05, 4.69) is 4.90 Å². The van der Waals surface area contributed by atoms with E-state index in [-0.39, 0.29) is 17.3 Å². The van der Waals surface area contributed by atoms with Crippen molar-refractivity contribution in [3.63, 3.8) is 0 Å². The molecule has 0 unspecified atom stereocenters. The lowest BCUT2D eigenvalue weighted by Crippen LogP contribution is -2.45. The minimum atomic E-state index is -1.41. The summed E-state index contributed by atoms with van der Waals surface area (Å²) in [6.45, 7) is 0. The zero-order valence-electron chi connectivity index (χ0n) is 19.2. The largest absolute Gasteiger partial charge is 0.346 e. The molecule has 36 heavy (non-hydrogen) atoms. The Morgan fingerprint density at radius 3 is 1.92 bits per heavy atom. The molecule has 0 radical (unpaired) electrons. The Kier molecular flexibility index (Phi) is 4.60. The van der Waals surface area contributed by atoms with E-state index >= 15 is 0 Å². The molecule has 1 saturated heterocycles. The van der Waals surface area contributed by atoms with Crippen LogP contribution in [-0.2, 0) is 0 Å². The van der Waals surface area contributed by atoms with Crippen molar-refractivity contribution in [3.8, 4) is 0 Å². The Labute approximate surface area is 213 Å². The van der Waals surface area contributed by atoms with Gasteiger partial charge in [-0.05, 0) is 17.7 Å². The molecule has 7 rings (SSSR count). The number of ketones is 3. The van der Waals surface area contributed by atoms with Gasteiger partial charge in [-0.15, -0.1) is 0 Å². The average molecular weight is 488 g/mol. The molecule has 2 aliphatic heterocycles. The standard InChI is InChI=1S/C31H21NO3S/c33-27(20-13-5-2-6-14-20)26-25(19-11-3-1-4-12-19)31(28(34)21-15-7-8-16-22(21)29(31)35)30-32(26)23-17-9-10-18-24(23)36-30/h1-18,25-26,30H/t25-,26+,30-/m1/s1. The molecule has 5 heteroatoms. The maximum absolute atomic E-state index is 14.4. The van der Waals surface area contributed by atoms with E-state index in [1.165, 1.54) is 11.8 Å². The summed E-state index contributed by atoms with van der Waals surface area (Å²) < 4.78 is 0. The van der Waals surface area contributed by atoms with Crippen LogP contribution < -0.4 is 4.90 Å². The van der Waals surface area contributed by atoms with E-state index in [1.54, 1.807) is 24.3 Å². The average Bonchev–Trinajstić information content (AvgIpc) is 3.53. The number of benzene rings is 4. The summed E-state index contributed by atoms with van der Waals surface area (Å²) in [4.78, 5) is 46.3. The highest BCUT2D eigenvalue weighted by atomic mass is 32.2. The molecule has 1 spiro atoms. The van der Waals surface area contributed by atoms with E-state index in [1.807, 2.05) is 84.9 Å². The van der Waals surface area contributed by atoms with Crippen LogP contribution in [-0.4, -0.2) is 28.8 Å². The van der Waals surface area contributed by atoms with Gasteiger partial charge in [0, 0.05) is 27.5 Å². The van der Waals surface area contributed by atoms with Crippen LogP contribution in [0.25, 0.3) is 0 Å². The lowest BCUT2D eigenvalue weighted by atomic mass is 9.67. The Hall–Kier alpha value is -3.96. The van der Waals surface area contributed by atoms with Crippen molar-refractivity contribution in [1.29, 1.82) is 0 Å². The first-order chi connectivity index (χ1) is 17.6. The van der Waals surface area contributed by atoms with Crippen molar-refractivity contribution in [2.75, 3.05) is 4.90 Å². The number of nitrogens with zero attached hydrogens (tertiary/aromatic N) is 1. The van der Waals surface area contributed by atoms with E-state index in [4.69, 9.17) is 0 Å². The fourth-order valence-corrected chi connectivity index (χ4v) is 7.93. The topological polar surface area (TPSA) is 54.5 Å². The van der Waals surface area contributed by atoms with Crippen molar-refractivity contribution in [3.05, 3.63) is 131 Å². The molecule has 174 valence electrons. The van der Waals surface area contributed by atoms with Gasteiger partial charge in [-0.3, -0.25) is 14.4 Å². The van der Waals surface area contributed by atoms with Gasteiger partial charge in [-0.2, -0.15) is 0 Å². The predicted octanol–water partition coefficient (Wildman–Crippen LogP) is 6.04. The van der Waals surface area contributed by atoms with E-state index in [9.17, 15) is 14.4 Å². The van der Waals surface area contributed by atoms with Crippen LogP contribution in [0.4, 0.5) is 5.69 Å². The van der Waals surface area contributed by atoms with Crippen LogP contribution in [0, 0.1) is 5.41 Å². The monoisotopic (exact) mass is 487 g/mol. The molecule has 3 atom stereocenters. The fourth-order valence-electron chi connectivity index (χ4n) is 6.34. The first-order valence-corrected chi connectivity index (χ1v) is 12.9. The summed E-state index contributed by atoms with van der Waals surface area (Å²) in [5.41, 5.74) is 1.79. The molecule has 3 aliphatic rings. The molecule has 4 aromatic rings. The Balaban J connectivity index is 1.54. The third-order valence-corrected chi connectivity index (χ3v) is 9.20. The van der Waals surface area contributed by atoms with Gasteiger partial charge in [0.15, 0.2) is 17.3 Å². The normalized spacial score (nSPS) is 23.0. The number of thioether (sulfide) groups is 1. The van der Waals surface area contributed by atoms with Crippen LogP contribution in [0.5, 0.6) is 0 Å². The van der Waals surface area contributed by atoms with Crippen molar-refractivity contribution in [2.45, 2.75) is 22.2 Å². The highest BCUT2D eigenvalue weighted by Crippen LogP contribution is 2.66. The highest BCUT2D eigenvalue weighted by Gasteiger charge is 2.73. The molecular weight excluding hydrogens is 466 g/mol. The second-order valence-corrected chi connectivity index (χ2v) is 10.6. The number of fused-ring (bicyclic) bond motifs is 5. The number of para-hydroxylation sites is 1. The van der Waals surface area contributed by atoms with Gasteiger partial charge in [-0.1, -0.05) is 109 Å². The van der Waals surface area contributed by atoms with Crippen molar-refractivity contribution >= 4 is 34.8 Å². The molecule has 0 N–H and O–H groups in total. The van der Waals surface area contributed by atoms with Crippen LogP contribution in [0.15, 0.2) is 114 Å². The number of carbonyl (C=O) groups is 3. The van der Waals surface area contributed by atoms with Gasteiger partial charge < -0.3 is 4.90 Å². The molecule has 2 heterocycles. The highest BCUT2D eigenvalue weighted by molar-refractivity contribution is 8.00. The van der Waals surface area contributed by atoms with Crippen LogP contribution in [0.2, 0.25) is 0 Å². The SMILES string of the molecule is O=C(c1ccccc1)[C@@H]1[C@@H](c2ccccc2)C2(C(=O)c3ccccc3C2=O)[C@H]2Sc3ccccc3N12. The molecule has 4 nitrogen and oxygen atoms in total. The zero-order chi connectivity index (χ0) is 24.4. The van der Waals surface area contributed by atoms with Gasteiger partial charge in [0.1, 0.15) is 16.8 Å². The van der Waals surface area contributed by atoms with E-state index < -0.39 is 22.7 Å². The lowest BCUT2D eigenvalue weighted by Gasteiger charge is -2.32. The maximum atomic E-state index is 14.4. The summed E-state index contributed by atoms with van der Waals surface area (Å²) in [6, 6.07) is 33.1. The van der Waals surface area contributed by atoms with E-state index in [0.29, 0.717) is 16.7 Å². The second kappa shape index (κ2) is 7.77. The number of carbonyl (C=O) groups excluding carboxylic acids is 3. The van der Waals surface area contributed by atoms with Gasteiger partial charge in [-0.25, -0.2) is 0 Å². The minimum Gasteiger partial charge on any atom is -0.346 e. The third kappa shape index (κ3) is 2.64. The van der Waals surface area contributed by atoms with Gasteiger partial charge in [0.2, 0.25) is 0 Å². The molecular formula is C31H21NO3S. The summed E-state index contributed by atoms with van der Waals surface area (Å²) in [5.74, 6) is -1.09. The predicted molar refractivity (Wildman–Crippen MR) is 140 cm³/mol. The quantitative estimate of drug-likeness (QED) is 0.261. The third-order valence-electron chi connectivity index (χ3n) is 7.78. The van der Waals surface area contributed by atoms with Crippen LogP contribution in [0.1, 0.15) is 42.6 Å². The van der Waals surface area contributed by atoms with Gasteiger partial charge in [0.05, 0.1) is 5.69 Å². The summed E-state index contributed by atoms with van der Waals surface area (Å²) in [7, 11) is 0. The molecule has 0 bridgehead atoms. The van der Waals surface area contributed by atoms with Crippen LogP contribution in [0.3, 0.4) is 0 Å². The Bertz CT molecular complexity index is 1510. The second-order valence-electron chi connectivity index (χ2n) is 9.48. The van der Waals surface area contributed by atoms with Crippen molar-refractivity contribution < 1.29 is 14.4 Å². The molecule has 1 aliphatic carbocycles. The lowest BCUT2D eigenvalue weighted by molar-refractivity contribution is 0.0680. The first kappa shape index (κ1) is 21.3. The summed E-state index contributed by atoms with van der Waals surface area (Å²) in [6.07, 6.45) is 0. The fraction of sp³-hybridized carbons (Fsp3) is 0.129. The number of Topliss-reactive ketones (excluding diaryl/α,β-unsaturated/α-hetero) is 3. The Morgan fingerprint density at radius 2 is 1.25 bits per heavy atom. The van der Waals surface area contributed by atoms with Crippen molar-refractivity contribution in [1.82, 2.24) is 0 Å². The Morgan fingerprint density at radius 1 is 0.694 bits per heavy atom. The molecule has 0 aromatic heterocycles. The molecule has 4 aromatic carbocycles. The minimum absolute atomic E-state index is 0.0832. The van der Waals surface area contributed by atoms with Gasteiger partial charge in [0.25, 0.3) is 0 Å². The smallest absolute Gasteiger partial charge is 0.185 e. The maximum Gasteiger partial charge on any atom is 0.185 e. The molecule has 0 saturated carbocycles. The number of rotatable bonds is 3.